The summed E-state index contributed by atoms with van der Waals surface area (Å²) in [5.41, 5.74) is 8.03. The van der Waals surface area contributed by atoms with Crippen LogP contribution in [-0.4, -0.2) is 46.3 Å². The first-order valence-electron chi connectivity index (χ1n) is 9.72. The Kier molecular flexibility index (Phi) is 8.39. The van der Waals surface area contributed by atoms with Gasteiger partial charge < -0.3 is 25.3 Å². The van der Waals surface area contributed by atoms with Crippen LogP contribution in [0.3, 0.4) is 0 Å². The number of aliphatic hydroxyl groups is 1. The van der Waals surface area contributed by atoms with Crippen molar-refractivity contribution in [3.63, 3.8) is 0 Å². The average molecular weight is 429 g/mol. The zero-order chi connectivity index (χ0) is 23.0. The van der Waals surface area contributed by atoms with Gasteiger partial charge in [-0.1, -0.05) is 30.9 Å². The fourth-order valence-electron chi connectivity index (χ4n) is 2.94. The molecule has 1 atom stereocenters. The number of carbonyl (C=O) groups is 1. The monoisotopic (exact) mass is 429 g/mol. The maximum absolute atomic E-state index is 12.9. The summed E-state index contributed by atoms with van der Waals surface area (Å²) in [6.07, 6.45) is 0.652. The smallest absolute Gasteiger partial charge is 0.294 e. The Morgan fingerprint density at radius 1 is 1.29 bits per heavy atom. The maximum Gasteiger partial charge on any atom is 0.294 e. The van der Waals surface area contributed by atoms with Crippen LogP contribution < -0.4 is 10.5 Å². The van der Waals surface area contributed by atoms with E-state index >= 15 is 0 Å². The topological polar surface area (TPSA) is 128 Å². The summed E-state index contributed by atoms with van der Waals surface area (Å²) in [4.78, 5) is 29.1. The molecule has 0 radical (unpaired) electrons. The Morgan fingerprint density at radius 3 is 2.55 bits per heavy atom. The number of nitrogens with zero attached hydrogens (tertiary/aromatic N) is 2. The van der Waals surface area contributed by atoms with E-state index < -0.39 is 11.2 Å². The molecule has 0 aliphatic heterocycles. The third-order valence-electron chi connectivity index (χ3n) is 4.56. The summed E-state index contributed by atoms with van der Waals surface area (Å²) in [5, 5.41) is 19.9. The minimum absolute atomic E-state index is 0.0298. The van der Waals surface area contributed by atoms with Gasteiger partial charge in [-0.05, 0) is 43.7 Å². The van der Waals surface area contributed by atoms with Crippen LogP contribution in [0.5, 0.6) is 5.75 Å². The molecule has 3 N–H and O–H groups in total. The molecule has 1 amide bonds. The Hall–Kier alpha value is -3.59. The minimum Gasteiger partial charge on any atom is -0.490 e. The molecule has 166 valence electrons. The molecule has 0 fully saturated rings. The van der Waals surface area contributed by atoms with Gasteiger partial charge in [-0.25, -0.2) is 0 Å². The van der Waals surface area contributed by atoms with Crippen LogP contribution in [-0.2, 0) is 11.4 Å². The van der Waals surface area contributed by atoms with Crippen molar-refractivity contribution in [1.82, 2.24) is 4.90 Å². The summed E-state index contributed by atoms with van der Waals surface area (Å²) in [7, 11) is 0. The van der Waals surface area contributed by atoms with Crippen molar-refractivity contribution < 1.29 is 24.6 Å². The van der Waals surface area contributed by atoms with Crippen LogP contribution in [0, 0.1) is 10.1 Å². The summed E-state index contributed by atoms with van der Waals surface area (Å²) in [6.45, 7) is 7.25. The zero-order valence-electron chi connectivity index (χ0n) is 17.6. The standard InChI is InChI=1S/C22H27N3O6/c1-4-19-20(23)6-5-7-21(19)30-14-18(26)12-24(15(2)3)22(27)17-10-8-16(9-11-17)13-31-25(28)29/h4-11,15,18,26H,1,12-14,23H2,2-3H3. The lowest BCUT2D eigenvalue weighted by atomic mass is 10.1. The number of ether oxygens (including phenoxy) is 1. The molecule has 1 unspecified atom stereocenters. The zero-order valence-corrected chi connectivity index (χ0v) is 17.6. The number of nitrogen functional groups attached to an aromatic ring is 1. The highest BCUT2D eigenvalue weighted by molar-refractivity contribution is 5.94. The molecule has 31 heavy (non-hydrogen) atoms. The van der Waals surface area contributed by atoms with Gasteiger partial charge >= 0.3 is 0 Å². The molecule has 0 aliphatic carbocycles. The lowest BCUT2D eigenvalue weighted by Crippen LogP contribution is -2.43. The largest absolute Gasteiger partial charge is 0.490 e. The van der Waals surface area contributed by atoms with E-state index in [2.05, 4.69) is 11.4 Å². The second kappa shape index (κ2) is 11.0. The van der Waals surface area contributed by atoms with Crippen LogP contribution in [0.15, 0.2) is 49.0 Å². The molecule has 9 heteroatoms. The van der Waals surface area contributed by atoms with Gasteiger partial charge in [0.2, 0.25) is 0 Å². The van der Waals surface area contributed by atoms with Gasteiger partial charge in [-0.3, -0.25) is 4.79 Å². The summed E-state index contributed by atoms with van der Waals surface area (Å²) in [5.74, 6) is 0.232. The maximum atomic E-state index is 12.9. The molecule has 0 spiro atoms. The number of hydrogen-bond acceptors (Lipinski definition) is 7. The van der Waals surface area contributed by atoms with E-state index in [0.29, 0.717) is 28.1 Å². The Balaban J connectivity index is 2.01. The number of nitrogens with two attached hydrogens (primary N) is 1. The first kappa shape index (κ1) is 23.7. The number of benzene rings is 2. The third kappa shape index (κ3) is 6.71. The normalized spacial score (nSPS) is 11.6. The highest BCUT2D eigenvalue weighted by Crippen LogP contribution is 2.25. The predicted molar refractivity (Wildman–Crippen MR) is 117 cm³/mol. The first-order chi connectivity index (χ1) is 14.7. The predicted octanol–water partition coefficient (Wildman–Crippen LogP) is 2.91. The number of amides is 1. The van der Waals surface area contributed by atoms with Crippen LogP contribution in [0.1, 0.15) is 35.3 Å². The quantitative estimate of drug-likeness (QED) is 0.319. The molecular formula is C22H27N3O6. The van der Waals surface area contributed by atoms with Crippen LogP contribution in [0.2, 0.25) is 0 Å². The molecule has 2 rings (SSSR count). The minimum atomic E-state index is -0.932. The second-order valence-electron chi connectivity index (χ2n) is 7.17. The fourth-order valence-corrected chi connectivity index (χ4v) is 2.94. The summed E-state index contributed by atoms with van der Waals surface area (Å²) in [6, 6.07) is 11.4. The van der Waals surface area contributed by atoms with E-state index in [0.717, 1.165) is 0 Å². The molecule has 2 aromatic rings. The summed E-state index contributed by atoms with van der Waals surface area (Å²) >= 11 is 0. The van der Waals surface area contributed by atoms with Crippen molar-refractivity contribution >= 4 is 17.7 Å². The highest BCUT2D eigenvalue weighted by atomic mass is 16.9. The van der Waals surface area contributed by atoms with Gasteiger partial charge in [0, 0.05) is 22.9 Å². The van der Waals surface area contributed by atoms with Crippen LogP contribution >= 0.6 is 0 Å². The Bertz CT molecular complexity index is 914. The van der Waals surface area contributed by atoms with E-state index in [-0.39, 0.29) is 31.7 Å². The highest BCUT2D eigenvalue weighted by Gasteiger charge is 2.22. The van der Waals surface area contributed by atoms with Crippen molar-refractivity contribution in [2.75, 3.05) is 18.9 Å². The third-order valence-corrected chi connectivity index (χ3v) is 4.56. The van der Waals surface area contributed by atoms with Gasteiger partial charge in [0.05, 0.1) is 6.54 Å². The van der Waals surface area contributed by atoms with Gasteiger partial charge in [-0.2, -0.15) is 0 Å². The lowest BCUT2D eigenvalue weighted by molar-refractivity contribution is -0.763. The Morgan fingerprint density at radius 2 is 1.97 bits per heavy atom. The molecule has 2 aromatic carbocycles. The molecular weight excluding hydrogens is 402 g/mol. The van der Waals surface area contributed by atoms with Crippen molar-refractivity contribution in [2.45, 2.75) is 32.6 Å². The van der Waals surface area contributed by atoms with Crippen LogP contribution in [0.4, 0.5) is 5.69 Å². The summed E-state index contributed by atoms with van der Waals surface area (Å²) < 4.78 is 5.69. The van der Waals surface area contributed by atoms with E-state index in [1.165, 1.54) is 4.90 Å². The van der Waals surface area contributed by atoms with Gasteiger partial charge in [0.25, 0.3) is 11.0 Å². The van der Waals surface area contributed by atoms with E-state index in [4.69, 9.17) is 10.5 Å². The average Bonchev–Trinajstić information content (AvgIpc) is 2.74. The van der Waals surface area contributed by atoms with Gasteiger partial charge in [0.1, 0.15) is 25.1 Å². The number of carbonyl (C=O) groups excluding carboxylic acids is 1. The number of aliphatic hydroxyl groups excluding tert-OH is 1. The fraction of sp³-hybridized carbons (Fsp3) is 0.318. The van der Waals surface area contributed by atoms with Gasteiger partial charge in [0.15, 0.2) is 0 Å². The van der Waals surface area contributed by atoms with Gasteiger partial charge in [-0.15, -0.1) is 10.1 Å². The van der Waals surface area contributed by atoms with E-state index in [9.17, 15) is 20.0 Å². The number of anilines is 1. The molecule has 0 aliphatic rings. The lowest BCUT2D eigenvalue weighted by Gasteiger charge is -2.29. The van der Waals surface area contributed by atoms with E-state index in [1.54, 1.807) is 48.5 Å². The van der Waals surface area contributed by atoms with Crippen molar-refractivity contribution in [3.8, 4) is 5.75 Å². The molecule has 9 nitrogen and oxygen atoms in total. The number of rotatable bonds is 11. The number of hydrogen-bond donors (Lipinski definition) is 2. The molecule has 0 aromatic heterocycles. The SMILES string of the molecule is C=Cc1c(N)cccc1OCC(O)CN(C(=O)c1ccc(CO[N+](=O)[O-])cc1)C(C)C. The van der Waals surface area contributed by atoms with Crippen LogP contribution in [0.25, 0.3) is 6.08 Å². The van der Waals surface area contributed by atoms with Crippen molar-refractivity contribution in [1.29, 1.82) is 0 Å². The van der Waals surface area contributed by atoms with E-state index in [1.807, 2.05) is 13.8 Å². The van der Waals surface area contributed by atoms with Crippen molar-refractivity contribution in [2.24, 2.45) is 0 Å². The molecule has 0 saturated carbocycles. The molecule has 0 bridgehead atoms. The van der Waals surface area contributed by atoms with Crippen molar-refractivity contribution in [3.05, 3.63) is 75.8 Å². The second-order valence-corrected chi connectivity index (χ2v) is 7.17. The Labute approximate surface area is 180 Å². The molecule has 0 saturated heterocycles. The first-order valence-corrected chi connectivity index (χ1v) is 9.72. The molecule has 0 heterocycles.